The molecule has 26 heavy (non-hydrogen) atoms. The standard InChI is InChI=1S/C19H22N6O/c1-12(2)15-10-16(23-22-15)19(26)25-9-3-4-17(25)18-14(11-21-24-18)13-5-7-20-8-6-13/h5-8,10-12,17H,3-4,9H2,1-2H3,(H,21,24)(H,22,23). The average Bonchev–Trinajstić information content (AvgIpc) is 3.40. The van der Waals surface area contributed by atoms with Crippen LogP contribution in [-0.4, -0.2) is 42.7 Å². The van der Waals surface area contributed by atoms with Gasteiger partial charge in [-0.25, -0.2) is 0 Å². The third kappa shape index (κ3) is 2.89. The van der Waals surface area contributed by atoms with Gasteiger partial charge in [0.05, 0.1) is 17.9 Å². The summed E-state index contributed by atoms with van der Waals surface area (Å²) in [5, 5.41) is 14.5. The fourth-order valence-corrected chi connectivity index (χ4v) is 3.51. The summed E-state index contributed by atoms with van der Waals surface area (Å²) in [4.78, 5) is 19.0. The van der Waals surface area contributed by atoms with Crippen LogP contribution in [0.1, 0.15) is 60.5 Å². The zero-order valence-corrected chi connectivity index (χ0v) is 14.9. The van der Waals surface area contributed by atoms with Crippen LogP contribution in [0.4, 0.5) is 0 Å². The second-order valence-electron chi connectivity index (χ2n) is 6.95. The number of hydrogen-bond acceptors (Lipinski definition) is 4. The molecule has 0 aliphatic carbocycles. The zero-order valence-electron chi connectivity index (χ0n) is 14.9. The van der Waals surface area contributed by atoms with Crippen molar-refractivity contribution in [2.75, 3.05) is 6.54 Å². The maximum Gasteiger partial charge on any atom is 0.274 e. The highest BCUT2D eigenvalue weighted by Gasteiger charge is 2.34. The molecule has 0 saturated carbocycles. The number of nitrogens with zero attached hydrogens (tertiary/aromatic N) is 4. The second kappa shape index (κ2) is 6.74. The van der Waals surface area contributed by atoms with E-state index in [4.69, 9.17) is 0 Å². The van der Waals surface area contributed by atoms with E-state index in [1.165, 1.54) is 0 Å². The Bertz CT molecular complexity index is 898. The summed E-state index contributed by atoms with van der Waals surface area (Å²) in [6.07, 6.45) is 7.22. The molecule has 2 N–H and O–H groups in total. The molecule has 1 fully saturated rings. The van der Waals surface area contributed by atoms with E-state index in [2.05, 4.69) is 39.2 Å². The van der Waals surface area contributed by atoms with Crippen LogP contribution in [-0.2, 0) is 0 Å². The van der Waals surface area contributed by atoms with Crippen molar-refractivity contribution in [2.45, 2.75) is 38.6 Å². The van der Waals surface area contributed by atoms with E-state index in [9.17, 15) is 4.79 Å². The van der Waals surface area contributed by atoms with Crippen molar-refractivity contribution in [3.8, 4) is 11.1 Å². The van der Waals surface area contributed by atoms with Gasteiger partial charge in [0.1, 0.15) is 5.69 Å². The Labute approximate surface area is 151 Å². The largest absolute Gasteiger partial charge is 0.329 e. The highest BCUT2D eigenvalue weighted by Crippen LogP contribution is 2.37. The molecule has 3 aromatic rings. The number of H-pyrrole nitrogens is 2. The monoisotopic (exact) mass is 350 g/mol. The molecule has 1 saturated heterocycles. The maximum absolute atomic E-state index is 13.0. The molecule has 0 radical (unpaired) electrons. The smallest absolute Gasteiger partial charge is 0.274 e. The number of rotatable bonds is 4. The van der Waals surface area contributed by atoms with Gasteiger partial charge in [-0.05, 0) is 42.5 Å². The molecule has 1 atom stereocenters. The highest BCUT2D eigenvalue weighted by atomic mass is 16.2. The SMILES string of the molecule is CC(C)c1cc(C(=O)N2CCCC2c2[nH]ncc2-c2ccncc2)n[nH]1. The van der Waals surface area contributed by atoms with Gasteiger partial charge >= 0.3 is 0 Å². The van der Waals surface area contributed by atoms with E-state index < -0.39 is 0 Å². The Morgan fingerprint density at radius 2 is 2.08 bits per heavy atom. The van der Waals surface area contributed by atoms with Crippen LogP contribution < -0.4 is 0 Å². The lowest BCUT2D eigenvalue weighted by Crippen LogP contribution is -2.31. The molecule has 1 unspecified atom stereocenters. The summed E-state index contributed by atoms with van der Waals surface area (Å²) >= 11 is 0. The van der Waals surface area contributed by atoms with Crippen LogP contribution in [0.2, 0.25) is 0 Å². The minimum atomic E-state index is -0.0362. The molecule has 4 rings (SSSR count). The summed E-state index contributed by atoms with van der Waals surface area (Å²) in [6.45, 7) is 4.88. The Hall–Kier alpha value is -2.96. The van der Waals surface area contributed by atoms with Crippen LogP contribution in [0.3, 0.4) is 0 Å². The number of aromatic amines is 2. The van der Waals surface area contributed by atoms with Gasteiger partial charge in [0.15, 0.2) is 0 Å². The number of amides is 1. The summed E-state index contributed by atoms with van der Waals surface area (Å²) in [5.41, 5.74) is 4.49. The first kappa shape index (κ1) is 16.5. The van der Waals surface area contributed by atoms with E-state index in [0.717, 1.165) is 41.9 Å². The van der Waals surface area contributed by atoms with Gasteiger partial charge < -0.3 is 4.90 Å². The van der Waals surface area contributed by atoms with Crippen LogP contribution in [0, 0.1) is 0 Å². The number of nitrogens with one attached hydrogen (secondary N) is 2. The van der Waals surface area contributed by atoms with Crippen LogP contribution in [0.25, 0.3) is 11.1 Å². The molecular weight excluding hydrogens is 328 g/mol. The molecule has 7 nitrogen and oxygen atoms in total. The van der Waals surface area contributed by atoms with Crippen molar-refractivity contribution < 1.29 is 4.79 Å². The van der Waals surface area contributed by atoms with Crippen molar-refractivity contribution in [2.24, 2.45) is 0 Å². The maximum atomic E-state index is 13.0. The topological polar surface area (TPSA) is 90.6 Å². The molecular formula is C19H22N6O. The fraction of sp³-hybridized carbons (Fsp3) is 0.368. The number of hydrogen-bond donors (Lipinski definition) is 2. The summed E-state index contributed by atoms with van der Waals surface area (Å²) in [7, 11) is 0. The lowest BCUT2D eigenvalue weighted by atomic mass is 10.0. The van der Waals surface area contributed by atoms with Crippen LogP contribution in [0.15, 0.2) is 36.8 Å². The average molecular weight is 350 g/mol. The molecule has 3 aromatic heterocycles. The highest BCUT2D eigenvalue weighted by molar-refractivity contribution is 5.93. The lowest BCUT2D eigenvalue weighted by Gasteiger charge is -2.24. The first-order valence-electron chi connectivity index (χ1n) is 8.95. The predicted octanol–water partition coefficient (Wildman–Crippen LogP) is 3.30. The molecule has 1 aliphatic heterocycles. The van der Waals surface area contributed by atoms with Gasteiger partial charge in [-0.1, -0.05) is 13.8 Å². The zero-order chi connectivity index (χ0) is 18.1. The summed E-state index contributed by atoms with van der Waals surface area (Å²) in [6, 6.07) is 5.75. The second-order valence-corrected chi connectivity index (χ2v) is 6.95. The van der Waals surface area contributed by atoms with Crippen molar-refractivity contribution in [3.05, 3.63) is 53.9 Å². The van der Waals surface area contributed by atoms with Crippen LogP contribution in [0.5, 0.6) is 0 Å². The Kier molecular flexibility index (Phi) is 4.28. The van der Waals surface area contributed by atoms with Gasteiger partial charge in [0, 0.05) is 30.2 Å². The Morgan fingerprint density at radius 1 is 1.27 bits per heavy atom. The predicted molar refractivity (Wildman–Crippen MR) is 97.5 cm³/mol. The number of pyridine rings is 1. The lowest BCUT2D eigenvalue weighted by molar-refractivity contribution is 0.0727. The van der Waals surface area contributed by atoms with Crippen molar-refractivity contribution in [1.82, 2.24) is 30.3 Å². The Balaban J connectivity index is 1.63. The summed E-state index contributed by atoms with van der Waals surface area (Å²) < 4.78 is 0. The van der Waals surface area contributed by atoms with Gasteiger partial charge in [-0.3, -0.25) is 20.0 Å². The molecule has 134 valence electrons. The van der Waals surface area contributed by atoms with E-state index in [1.807, 2.05) is 29.3 Å². The number of likely N-dealkylation sites (tertiary alicyclic amines) is 1. The third-order valence-corrected chi connectivity index (χ3v) is 4.95. The van der Waals surface area contributed by atoms with Gasteiger partial charge in [0.2, 0.25) is 0 Å². The van der Waals surface area contributed by atoms with Gasteiger partial charge in [0.25, 0.3) is 5.91 Å². The first-order chi connectivity index (χ1) is 12.6. The Morgan fingerprint density at radius 3 is 2.81 bits per heavy atom. The number of carbonyl (C=O) groups is 1. The minimum Gasteiger partial charge on any atom is -0.329 e. The van der Waals surface area contributed by atoms with E-state index in [0.29, 0.717) is 11.6 Å². The van der Waals surface area contributed by atoms with Crippen molar-refractivity contribution >= 4 is 5.91 Å². The van der Waals surface area contributed by atoms with Crippen molar-refractivity contribution in [3.63, 3.8) is 0 Å². The van der Waals surface area contributed by atoms with E-state index in [-0.39, 0.29) is 11.9 Å². The fourth-order valence-electron chi connectivity index (χ4n) is 3.51. The number of aromatic nitrogens is 5. The molecule has 0 spiro atoms. The van der Waals surface area contributed by atoms with E-state index in [1.54, 1.807) is 12.4 Å². The minimum absolute atomic E-state index is 0.0210. The summed E-state index contributed by atoms with van der Waals surface area (Å²) in [5.74, 6) is 0.273. The molecule has 0 aromatic carbocycles. The molecule has 7 heteroatoms. The molecule has 1 aliphatic rings. The molecule has 4 heterocycles. The molecule has 0 bridgehead atoms. The third-order valence-electron chi connectivity index (χ3n) is 4.95. The normalized spacial score (nSPS) is 17.2. The van der Waals surface area contributed by atoms with Gasteiger partial charge in [-0.2, -0.15) is 10.2 Å². The first-order valence-corrected chi connectivity index (χ1v) is 8.95. The quantitative estimate of drug-likeness (QED) is 0.755. The number of carbonyl (C=O) groups excluding carboxylic acids is 1. The van der Waals surface area contributed by atoms with Crippen LogP contribution >= 0.6 is 0 Å². The van der Waals surface area contributed by atoms with E-state index >= 15 is 0 Å². The molecule has 1 amide bonds. The van der Waals surface area contributed by atoms with Gasteiger partial charge in [-0.15, -0.1) is 0 Å². The van der Waals surface area contributed by atoms with Crippen molar-refractivity contribution in [1.29, 1.82) is 0 Å².